The van der Waals surface area contributed by atoms with Gasteiger partial charge in [0.25, 0.3) is 0 Å². The summed E-state index contributed by atoms with van der Waals surface area (Å²) in [6.45, 7) is 2.10. The lowest BCUT2D eigenvalue weighted by Crippen LogP contribution is -1.92. The van der Waals surface area contributed by atoms with E-state index in [1.165, 1.54) is 6.07 Å². The van der Waals surface area contributed by atoms with E-state index in [-0.39, 0.29) is 12.6 Å². The Kier molecular flexibility index (Phi) is 3.23. The van der Waals surface area contributed by atoms with Crippen molar-refractivity contribution in [3.05, 3.63) is 65.4 Å². The Morgan fingerprint density at radius 1 is 1.04 bits per heavy atom. The lowest BCUT2D eigenvalue weighted by atomic mass is 10.1. The molecule has 2 heterocycles. The van der Waals surface area contributed by atoms with E-state index in [0.717, 1.165) is 22.3 Å². The summed E-state index contributed by atoms with van der Waals surface area (Å²) in [6.07, 6.45) is 3.48. The first-order valence-electron chi connectivity index (χ1n) is 7.30. The van der Waals surface area contributed by atoms with Crippen LogP contribution >= 0.6 is 0 Å². The van der Waals surface area contributed by atoms with Gasteiger partial charge >= 0.3 is 11.5 Å². The fourth-order valence-corrected chi connectivity index (χ4v) is 2.67. The van der Waals surface area contributed by atoms with Crippen LogP contribution in [0.4, 0.5) is 4.39 Å². The molecule has 3 aromatic rings. The fraction of sp³-hybridized carbons (Fsp3) is 0.105. The van der Waals surface area contributed by atoms with Crippen molar-refractivity contribution in [3.8, 4) is 11.5 Å². The summed E-state index contributed by atoms with van der Waals surface area (Å²) >= 11 is 0. The predicted octanol–water partition coefficient (Wildman–Crippen LogP) is 5.06. The molecule has 0 saturated carbocycles. The molecule has 0 spiro atoms. The smallest absolute Gasteiger partial charge is 0.360 e. The van der Waals surface area contributed by atoms with E-state index in [4.69, 9.17) is 13.9 Å². The molecule has 0 aliphatic carbocycles. The molecular formula is C19H14FO3+. The minimum absolute atomic E-state index is 0.224. The topological polar surface area (TPSA) is 29.8 Å². The summed E-state index contributed by atoms with van der Waals surface area (Å²) in [5, 5.41) is 1.89. The van der Waals surface area contributed by atoms with Crippen LogP contribution in [0.15, 0.2) is 46.9 Å². The third kappa shape index (κ3) is 2.52. The van der Waals surface area contributed by atoms with Crippen molar-refractivity contribution in [3.63, 3.8) is 0 Å². The molecule has 0 amide bonds. The van der Waals surface area contributed by atoms with Crippen LogP contribution in [0.3, 0.4) is 0 Å². The van der Waals surface area contributed by atoms with Gasteiger partial charge in [-0.05, 0) is 18.2 Å². The van der Waals surface area contributed by atoms with Crippen molar-refractivity contribution in [1.82, 2.24) is 0 Å². The third-order valence-corrected chi connectivity index (χ3v) is 3.76. The predicted molar refractivity (Wildman–Crippen MR) is 86.8 cm³/mol. The van der Waals surface area contributed by atoms with E-state index < -0.39 is 0 Å². The lowest BCUT2D eigenvalue weighted by molar-refractivity contribution is 0.174. The normalized spacial score (nSPS) is 13.1. The highest BCUT2D eigenvalue weighted by molar-refractivity contribution is 5.93. The zero-order valence-corrected chi connectivity index (χ0v) is 12.5. The third-order valence-electron chi connectivity index (χ3n) is 3.76. The molecular weight excluding hydrogens is 295 g/mol. The Bertz CT molecular complexity index is 931. The molecule has 0 saturated heterocycles. The Morgan fingerprint density at radius 3 is 2.65 bits per heavy atom. The first-order chi connectivity index (χ1) is 11.2. The molecule has 0 unspecified atom stereocenters. The molecule has 0 radical (unpaired) electrons. The molecule has 2 aromatic carbocycles. The maximum Gasteiger partial charge on any atom is 0.360 e. The van der Waals surface area contributed by atoms with Crippen LogP contribution < -0.4 is 9.47 Å². The summed E-state index contributed by atoms with van der Waals surface area (Å²) in [5.41, 5.74) is 0.512. The SMILES string of the molecule is Cc1cc2cc3c(cc2c(C=Cc2ccccc2F)[o+]1)OCO3. The molecule has 0 fully saturated rings. The molecule has 23 heavy (non-hydrogen) atoms. The number of ether oxygens (including phenoxy) is 2. The Labute approximate surface area is 132 Å². The summed E-state index contributed by atoms with van der Waals surface area (Å²) in [7, 11) is 0. The minimum atomic E-state index is -0.265. The average molecular weight is 309 g/mol. The standard InChI is InChI=1S/C19H14FO3/c1-12-8-14-9-18-19(22-11-21-18)10-15(14)17(23-12)7-6-13-4-2-3-5-16(13)20/h2-10H,11H2,1H3/q+1. The molecule has 0 bridgehead atoms. The monoisotopic (exact) mass is 309 g/mol. The minimum Gasteiger partial charge on any atom is -0.454 e. The van der Waals surface area contributed by atoms with Crippen LogP contribution in [0.25, 0.3) is 22.9 Å². The maximum absolute atomic E-state index is 13.7. The lowest BCUT2D eigenvalue weighted by Gasteiger charge is -1.99. The van der Waals surface area contributed by atoms with Gasteiger partial charge in [-0.3, -0.25) is 0 Å². The van der Waals surface area contributed by atoms with E-state index in [1.54, 1.807) is 30.4 Å². The second-order valence-corrected chi connectivity index (χ2v) is 5.37. The van der Waals surface area contributed by atoms with Crippen LogP contribution in [-0.4, -0.2) is 6.79 Å². The fourth-order valence-electron chi connectivity index (χ4n) is 2.67. The summed E-state index contributed by atoms with van der Waals surface area (Å²) in [6, 6.07) is 12.4. The van der Waals surface area contributed by atoms with Crippen LogP contribution in [-0.2, 0) is 0 Å². The Balaban J connectivity index is 1.84. The molecule has 0 N–H and O–H groups in total. The van der Waals surface area contributed by atoms with Crippen LogP contribution in [0.1, 0.15) is 17.1 Å². The average Bonchev–Trinajstić information content (AvgIpc) is 2.99. The van der Waals surface area contributed by atoms with Gasteiger partial charge in [0.2, 0.25) is 6.79 Å². The van der Waals surface area contributed by atoms with Gasteiger partial charge in [0.1, 0.15) is 5.82 Å². The molecule has 1 aliphatic rings. The van der Waals surface area contributed by atoms with Gasteiger partial charge in [0.15, 0.2) is 11.5 Å². The van der Waals surface area contributed by atoms with Gasteiger partial charge in [-0.25, -0.2) is 8.81 Å². The van der Waals surface area contributed by atoms with Crippen LogP contribution in [0.2, 0.25) is 0 Å². The molecule has 4 heteroatoms. The Morgan fingerprint density at radius 2 is 1.83 bits per heavy atom. The highest BCUT2D eigenvalue weighted by Crippen LogP contribution is 2.38. The van der Waals surface area contributed by atoms with Gasteiger partial charge in [-0.15, -0.1) is 0 Å². The number of rotatable bonds is 2. The molecule has 1 aliphatic heterocycles. The summed E-state index contributed by atoms with van der Waals surface area (Å²) < 4.78 is 30.4. The van der Waals surface area contributed by atoms with E-state index in [2.05, 4.69) is 0 Å². The van der Waals surface area contributed by atoms with Gasteiger partial charge in [-0.1, -0.05) is 18.2 Å². The zero-order valence-electron chi connectivity index (χ0n) is 12.5. The Hall–Kier alpha value is -2.88. The van der Waals surface area contributed by atoms with Crippen molar-refractivity contribution >= 4 is 22.9 Å². The molecule has 0 atom stereocenters. The van der Waals surface area contributed by atoms with Gasteiger partial charge < -0.3 is 9.47 Å². The molecule has 114 valence electrons. The van der Waals surface area contributed by atoms with Crippen LogP contribution in [0, 0.1) is 12.7 Å². The van der Waals surface area contributed by atoms with Gasteiger partial charge in [0.05, 0.1) is 12.3 Å². The summed E-state index contributed by atoms with van der Waals surface area (Å²) in [4.78, 5) is 0. The first-order valence-corrected chi connectivity index (χ1v) is 7.30. The number of hydrogen-bond acceptors (Lipinski definition) is 2. The van der Waals surface area contributed by atoms with Crippen molar-refractivity contribution in [2.45, 2.75) is 6.92 Å². The zero-order chi connectivity index (χ0) is 15.8. The maximum atomic E-state index is 13.7. The largest absolute Gasteiger partial charge is 0.454 e. The quantitative estimate of drug-likeness (QED) is 0.620. The number of aryl methyl sites for hydroxylation is 1. The highest BCUT2D eigenvalue weighted by Gasteiger charge is 2.20. The molecule has 1 aromatic heterocycles. The van der Waals surface area contributed by atoms with E-state index >= 15 is 0 Å². The second-order valence-electron chi connectivity index (χ2n) is 5.37. The number of halogens is 1. The van der Waals surface area contributed by atoms with Crippen molar-refractivity contribution < 1.29 is 18.3 Å². The first kappa shape index (κ1) is 13.8. The second kappa shape index (κ2) is 5.39. The number of benzene rings is 2. The highest BCUT2D eigenvalue weighted by atomic mass is 19.1. The number of fused-ring (bicyclic) bond motifs is 2. The van der Waals surface area contributed by atoms with Gasteiger partial charge in [0, 0.05) is 29.2 Å². The molecule has 3 nitrogen and oxygen atoms in total. The van der Waals surface area contributed by atoms with Crippen molar-refractivity contribution in [2.75, 3.05) is 6.79 Å². The van der Waals surface area contributed by atoms with Crippen molar-refractivity contribution in [1.29, 1.82) is 0 Å². The van der Waals surface area contributed by atoms with E-state index in [1.807, 2.05) is 25.1 Å². The van der Waals surface area contributed by atoms with Gasteiger partial charge in [-0.2, -0.15) is 0 Å². The van der Waals surface area contributed by atoms with Crippen LogP contribution in [0.5, 0.6) is 11.5 Å². The number of hydrogen-bond donors (Lipinski definition) is 0. The van der Waals surface area contributed by atoms with E-state index in [0.29, 0.717) is 17.1 Å². The van der Waals surface area contributed by atoms with Crippen molar-refractivity contribution in [2.24, 2.45) is 0 Å². The summed E-state index contributed by atoms with van der Waals surface area (Å²) in [5.74, 6) is 2.58. The van der Waals surface area contributed by atoms with E-state index in [9.17, 15) is 4.39 Å². The molecule has 4 rings (SSSR count).